The highest BCUT2D eigenvalue weighted by Gasteiger charge is 2.35. The average Bonchev–Trinajstić information content (AvgIpc) is 2.85. The van der Waals surface area contributed by atoms with Crippen molar-refractivity contribution in [1.29, 1.82) is 0 Å². The van der Waals surface area contributed by atoms with Crippen LogP contribution in [0, 0.1) is 0 Å². The van der Waals surface area contributed by atoms with Gasteiger partial charge in [-0.05, 0) is 64.2 Å². The van der Waals surface area contributed by atoms with Gasteiger partial charge in [-0.3, -0.25) is 4.90 Å². The normalized spacial score (nSPS) is 26.7. The lowest BCUT2D eigenvalue weighted by atomic mass is 10.1. The maximum Gasteiger partial charge on any atom is 0.135 e. The van der Waals surface area contributed by atoms with Crippen molar-refractivity contribution in [3.8, 4) is 5.75 Å². The number of fused-ring (bicyclic) bond motifs is 1. The largest absolute Gasteiger partial charge is 0.495 e. The van der Waals surface area contributed by atoms with E-state index in [1.807, 2.05) is 0 Å². The number of benzene rings is 1. The topological polar surface area (TPSA) is 15.7 Å². The van der Waals surface area contributed by atoms with Crippen molar-refractivity contribution >= 4 is 37.5 Å². The SMILES string of the molecule is COc1cc(N2CC3CCCN3CC2C)c(Br)cc1Br. The van der Waals surface area contributed by atoms with Gasteiger partial charge in [0.1, 0.15) is 5.75 Å². The first-order valence-electron chi connectivity index (χ1n) is 7.14. The summed E-state index contributed by atoms with van der Waals surface area (Å²) >= 11 is 7.25. The minimum absolute atomic E-state index is 0.534. The number of halogens is 2. The van der Waals surface area contributed by atoms with Gasteiger partial charge in [-0.2, -0.15) is 0 Å². The molecule has 2 atom stereocenters. The first-order valence-corrected chi connectivity index (χ1v) is 8.72. The van der Waals surface area contributed by atoms with E-state index in [1.165, 1.54) is 25.1 Å². The number of anilines is 1. The van der Waals surface area contributed by atoms with Crippen LogP contribution in [0.25, 0.3) is 0 Å². The van der Waals surface area contributed by atoms with Gasteiger partial charge in [-0.15, -0.1) is 0 Å². The summed E-state index contributed by atoms with van der Waals surface area (Å²) in [6.45, 7) is 5.86. The van der Waals surface area contributed by atoms with Gasteiger partial charge in [0, 0.05) is 35.7 Å². The molecular weight excluding hydrogens is 384 g/mol. The van der Waals surface area contributed by atoms with Crippen LogP contribution in [0.3, 0.4) is 0 Å². The number of hydrogen-bond acceptors (Lipinski definition) is 3. The van der Waals surface area contributed by atoms with Crippen LogP contribution in [-0.4, -0.2) is 43.7 Å². The molecule has 0 spiro atoms. The average molecular weight is 404 g/mol. The molecule has 0 bridgehead atoms. The van der Waals surface area contributed by atoms with Crippen molar-refractivity contribution < 1.29 is 4.74 Å². The molecule has 110 valence electrons. The van der Waals surface area contributed by atoms with E-state index in [1.54, 1.807) is 7.11 Å². The Bertz CT molecular complexity index is 509. The molecule has 0 saturated carbocycles. The summed E-state index contributed by atoms with van der Waals surface area (Å²) in [7, 11) is 1.72. The van der Waals surface area contributed by atoms with Crippen LogP contribution in [0.1, 0.15) is 19.8 Å². The smallest absolute Gasteiger partial charge is 0.135 e. The van der Waals surface area contributed by atoms with Gasteiger partial charge in [0.25, 0.3) is 0 Å². The summed E-state index contributed by atoms with van der Waals surface area (Å²) in [6.07, 6.45) is 2.67. The van der Waals surface area contributed by atoms with Gasteiger partial charge in [0.05, 0.1) is 17.3 Å². The molecule has 3 rings (SSSR count). The Labute approximate surface area is 137 Å². The molecule has 3 nitrogen and oxygen atoms in total. The first kappa shape index (κ1) is 14.7. The molecule has 0 aliphatic carbocycles. The predicted octanol–water partition coefficient (Wildman–Crippen LogP) is 3.89. The Morgan fingerprint density at radius 1 is 1.20 bits per heavy atom. The minimum Gasteiger partial charge on any atom is -0.495 e. The number of nitrogens with zero attached hydrogens (tertiary/aromatic N) is 2. The second kappa shape index (κ2) is 5.85. The molecule has 20 heavy (non-hydrogen) atoms. The molecule has 1 aromatic rings. The molecular formula is C15H20Br2N2O. The molecule has 0 amide bonds. The summed E-state index contributed by atoms with van der Waals surface area (Å²) in [5, 5.41) is 0. The lowest BCUT2D eigenvalue weighted by molar-refractivity contribution is 0.203. The van der Waals surface area contributed by atoms with Crippen molar-refractivity contribution in [2.45, 2.75) is 31.8 Å². The Kier molecular flexibility index (Phi) is 4.29. The molecule has 5 heteroatoms. The molecule has 2 aliphatic rings. The molecule has 2 unspecified atom stereocenters. The standard InChI is InChI=1S/C15H20Br2N2O/c1-10-8-18-5-3-4-11(18)9-19(10)14-7-15(20-2)13(17)6-12(14)16/h6-7,10-11H,3-5,8-9H2,1-2H3. The number of piperazine rings is 1. The molecule has 0 radical (unpaired) electrons. The Balaban J connectivity index is 1.91. The van der Waals surface area contributed by atoms with Crippen molar-refractivity contribution in [2.24, 2.45) is 0 Å². The minimum atomic E-state index is 0.534. The second-order valence-corrected chi connectivity index (χ2v) is 7.44. The van der Waals surface area contributed by atoms with E-state index in [0.717, 1.165) is 27.8 Å². The van der Waals surface area contributed by atoms with Crippen LogP contribution in [0.15, 0.2) is 21.1 Å². The third-order valence-electron chi connectivity index (χ3n) is 4.47. The first-order chi connectivity index (χ1) is 9.60. The summed E-state index contributed by atoms with van der Waals surface area (Å²) in [5.41, 5.74) is 1.24. The summed E-state index contributed by atoms with van der Waals surface area (Å²) in [6, 6.07) is 5.47. The molecule has 0 N–H and O–H groups in total. The summed E-state index contributed by atoms with van der Waals surface area (Å²) < 4.78 is 7.57. The van der Waals surface area contributed by atoms with E-state index in [2.05, 4.69) is 60.7 Å². The Hall–Kier alpha value is -0.260. The van der Waals surface area contributed by atoms with Crippen LogP contribution in [-0.2, 0) is 0 Å². The monoisotopic (exact) mass is 402 g/mol. The van der Waals surface area contributed by atoms with Gasteiger partial charge in [0.15, 0.2) is 0 Å². The van der Waals surface area contributed by atoms with Crippen molar-refractivity contribution in [3.63, 3.8) is 0 Å². The lowest BCUT2D eigenvalue weighted by Crippen LogP contribution is -2.55. The molecule has 0 aromatic heterocycles. The molecule has 2 fully saturated rings. The highest BCUT2D eigenvalue weighted by molar-refractivity contribution is 9.11. The Morgan fingerprint density at radius 3 is 2.75 bits per heavy atom. The second-order valence-electron chi connectivity index (χ2n) is 5.73. The molecule has 2 aliphatic heterocycles. The third kappa shape index (κ3) is 2.60. The van der Waals surface area contributed by atoms with Gasteiger partial charge in [-0.25, -0.2) is 0 Å². The maximum atomic E-state index is 5.45. The van der Waals surface area contributed by atoms with Gasteiger partial charge in [-0.1, -0.05) is 0 Å². The molecule has 2 heterocycles. The van der Waals surface area contributed by atoms with Crippen LogP contribution >= 0.6 is 31.9 Å². The highest BCUT2D eigenvalue weighted by atomic mass is 79.9. The quantitative estimate of drug-likeness (QED) is 0.744. The number of methoxy groups -OCH3 is 1. The van der Waals surface area contributed by atoms with E-state index < -0.39 is 0 Å². The van der Waals surface area contributed by atoms with E-state index in [9.17, 15) is 0 Å². The van der Waals surface area contributed by atoms with E-state index in [0.29, 0.717) is 12.1 Å². The van der Waals surface area contributed by atoms with Gasteiger partial charge < -0.3 is 9.64 Å². The van der Waals surface area contributed by atoms with E-state index in [4.69, 9.17) is 4.74 Å². The summed E-state index contributed by atoms with van der Waals surface area (Å²) in [4.78, 5) is 5.16. The fourth-order valence-electron chi connectivity index (χ4n) is 3.42. The zero-order valence-corrected chi connectivity index (χ0v) is 15.1. The number of hydrogen-bond donors (Lipinski definition) is 0. The zero-order chi connectivity index (χ0) is 14.3. The van der Waals surface area contributed by atoms with E-state index in [-0.39, 0.29) is 0 Å². The van der Waals surface area contributed by atoms with Crippen molar-refractivity contribution in [1.82, 2.24) is 4.90 Å². The maximum absolute atomic E-state index is 5.45. The fraction of sp³-hybridized carbons (Fsp3) is 0.600. The lowest BCUT2D eigenvalue weighted by Gasteiger charge is -2.44. The van der Waals surface area contributed by atoms with Crippen LogP contribution in [0.5, 0.6) is 5.75 Å². The molecule has 2 saturated heterocycles. The molecule has 1 aromatic carbocycles. The van der Waals surface area contributed by atoms with Gasteiger partial charge in [0.2, 0.25) is 0 Å². The van der Waals surface area contributed by atoms with Crippen LogP contribution < -0.4 is 9.64 Å². The highest BCUT2D eigenvalue weighted by Crippen LogP contribution is 2.39. The zero-order valence-electron chi connectivity index (χ0n) is 11.9. The fourth-order valence-corrected chi connectivity index (χ4v) is 4.80. The van der Waals surface area contributed by atoms with Crippen LogP contribution in [0.4, 0.5) is 5.69 Å². The third-order valence-corrected chi connectivity index (χ3v) is 5.72. The predicted molar refractivity (Wildman–Crippen MR) is 89.8 cm³/mol. The number of rotatable bonds is 2. The van der Waals surface area contributed by atoms with Crippen molar-refractivity contribution in [3.05, 3.63) is 21.1 Å². The summed E-state index contributed by atoms with van der Waals surface area (Å²) in [5.74, 6) is 0.893. The van der Waals surface area contributed by atoms with Gasteiger partial charge >= 0.3 is 0 Å². The Morgan fingerprint density at radius 2 is 2.00 bits per heavy atom. The van der Waals surface area contributed by atoms with Crippen molar-refractivity contribution in [2.75, 3.05) is 31.6 Å². The van der Waals surface area contributed by atoms with E-state index >= 15 is 0 Å². The number of ether oxygens (including phenoxy) is 1. The van der Waals surface area contributed by atoms with Crippen LogP contribution in [0.2, 0.25) is 0 Å².